The number of halogens is 1. The fraction of sp³-hybridized carbons (Fsp3) is 0.537. The summed E-state index contributed by atoms with van der Waals surface area (Å²) in [4.78, 5) is 63.4. The monoisotopic (exact) mass is 1120 g/mol. The van der Waals surface area contributed by atoms with Crippen molar-refractivity contribution in [2.24, 2.45) is 5.41 Å². The van der Waals surface area contributed by atoms with Crippen molar-refractivity contribution in [3.05, 3.63) is 97.5 Å². The number of carbonyl (C=O) groups is 4. The molecule has 5 aromatic rings. The lowest BCUT2D eigenvalue weighted by Gasteiger charge is -2.35. The summed E-state index contributed by atoms with van der Waals surface area (Å²) in [6.07, 6.45) is -0.864. The molecular weight excluding hydrogens is 1050 g/mol. The number of rotatable bonds is 5. The molecule has 77 heavy (non-hydrogen) atoms. The summed E-state index contributed by atoms with van der Waals surface area (Å²) in [7, 11) is 0. The van der Waals surface area contributed by atoms with Gasteiger partial charge in [-0.2, -0.15) is 0 Å². The lowest BCUT2D eigenvalue weighted by Crippen LogP contribution is -2.58. The zero-order valence-corrected chi connectivity index (χ0v) is 47.0. The predicted molar refractivity (Wildman–Crippen MR) is 290 cm³/mol. The molecule has 3 aliphatic heterocycles. The van der Waals surface area contributed by atoms with Crippen LogP contribution in [0, 0.1) is 33.1 Å². The Morgan fingerprint density at radius 1 is 0.896 bits per heavy atom. The van der Waals surface area contributed by atoms with E-state index in [-0.39, 0.29) is 111 Å². The summed E-state index contributed by atoms with van der Waals surface area (Å²) in [5, 5.41) is 34.1. The standard InChI is InChI=1S/C54H70ClN9O11S2/c1-31-33(3)77-53-46(31)47(35-10-12-38(55)13-11-35)59-41(50-62-61-34(4)64(50)53)24-44(66)58-39-27-72-17-14-70-16-19-74-29-45(67)60-49(54(5,6)7)52(69)63-26-40(65)23-42(63)51(68)56-25-37-9-8-36(48-32(2)57-30-76-48)22-43(37)75-21-20-71-15-18-73-28-39/h8-13,22,30,39-42,47,49,59,65H,14-21,23-29H2,1-7H3,(H,56,68)(H,58,66)(H,60,67)/t39-,40+,41-,42-,47-,49+/m0/s1. The molecule has 416 valence electrons. The molecule has 20 nitrogen and oxygen atoms in total. The average molecular weight is 1120 g/mol. The van der Waals surface area contributed by atoms with Gasteiger partial charge in [-0.05, 0) is 68.0 Å². The highest BCUT2D eigenvalue weighted by Gasteiger charge is 2.45. The number of aryl methyl sites for hydroxylation is 3. The lowest BCUT2D eigenvalue weighted by atomic mass is 9.85. The molecule has 1 fully saturated rings. The number of fused-ring (bicyclic) bond motifs is 5. The van der Waals surface area contributed by atoms with E-state index in [1.807, 2.05) is 77.1 Å². The maximum Gasteiger partial charge on any atom is 0.246 e. The number of amides is 4. The zero-order chi connectivity index (χ0) is 54.8. The van der Waals surface area contributed by atoms with Crippen LogP contribution < -0.4 is 26.0 Å². The number of benzene rings is 2. The third kappa shape index (κ3) is 14.6. The number of aliphatic hydroxyl groups is 1. The first-order valence-corrected chi connectivity index (χ1v) is 28.0. The quantitative estimate of drug-likeness (QED) is 0.151. The minimum Gasteiger partial charge on any atom is -0.491 e. The Bertz CT molecular complexity index is 2840. The SMILES string of the molecule is Cc1ncsc1-c1ccc2c(c1)OCCOCCOC[C@@H](NC(=O)C[C@@H]1N[C@@H](c3ccc(Cl)cc3)c3c(sc(C)c3C)-n3c(C)nnc31)COCCOCCOCC(=O)N[C@@H](C(C)(C)C)C(=O)N1C[C@H](O)C[C@H]1C(=O)NC2. The zero-order valence-electron chi connectivity index (χ0n) is 44.6. The Labute approximate surface area is 461 Å². The number of aromatic nitrogens is 4. The molecule has 8 rings (SSSR count). The summed E-state index contributed by atoms with van der Waals surface area (Å²) >= 11 is 9.52. The normalized spacial score (nSPS) is 23.3. The first-order chi connectivity index (χ1) is 37.0. The van der Waals surface area contributed by atoms with E-state index in [9.17, 15) is 24.3 Å². The number of aliphatic hydroxyl groups excluding tert-OH is 1. The molecule has 2 aromatic carbocycles. The smallest absolute Gasteiger partial charge is 0.246 e. The van der Waals surface area contributed by atoms with E-state index in [0.717, 1.165) is 37.8 Å². The molecule has 5 N–H and O–H groups in total. The minimum atomic E-state index is -1.03. The average Bonchev–Trinajstić information content (AvgIpc) is 4.16. The van der Waals surface area contributed by atoms with Gasteiger partial charge in [-0.3, -0.25) is 29.1 Å². The Balaban J connectivity index is 0.945. The third-order valence-electron chi connectivity index (χ3n) is 13.7. The third-order valence-corrected chi connectivity index (χ3v) is 16.1. The van der Waals surface area contributed by atoms with Crippen LogP contribution in [-0.4, -0.2) is 157 Å². The van der Waals surface area contributed by atoms with E-state index in [0.29, 0.717) is 28.0 Å². The highest BCUT2D eigenvalue weighted by Crippen LogP contribution is 2.43. The summed E-state index contributed by atoms with van der Waals surface area (Å²) in [5.74, 6) is 0.156. The summed E-state index contributed by atoms with van der Waals surface area (Å²) in [6.45, 7) is 14.9. The van der Waals surface area contributed by atoms with E-state index in [4.69, 9.17) is 40.0 Å². The number of thiazole rings is 1. The molecule has 0 radical (unpaired) electrons. The first kappa shape index (κ1) is 57.8. The van der Waals surface area contributed by atoms with Crippen LogP contribution in [0.15, 0.2) is 48.0 Å². The van der Waals surface area contributed by atoms with Crippen LogP contribution in [0.4, 0.5) is 0 Å². The van der Waals surface area contributed by atoms with Crippen molar-refractivity contribution in [2.75, 3.05) is 79.2 Å². The molecule has 6 atom stereocenters. The Morgan fingerprint density at radius 2 is 1.58 bits per heavy atom. The van der Waals surface area contributed by atoms with Crippen molar-refractivity contribution in [3.8, 4) is 21.2 Å². The van der Waals surface area contributed by atoms with Gasteiger partial charge in [0, 0.05) is 47.0 Å². The number of hydrogen-bond acceptors (Lipinski definition) is 17. The number of nitrogens with one attached hydrogen (secondary N) is 4. The molecule has 0 spiro atoms. The summed E-state index contributed by atoms with van der Waals surface area (Å²) < 4.78 is 37.8. The van der Waals surface area contributed by atoms with Crippen LogP contribution in [-0.2, 0) is 49.4 Å². The summed E-state index contributed by atoms with van der Waals surface area (Å²) in [5.41, 5.74) is 6.73. The highest BCUT2D eigenvalue weighted by atomic mass is 35.5. The van der Waals surface area contributed by atoms with Crippen molar-refractivity contribution >= 4 is 57.9 Å². The van der Waals surface area contributed by atoms with Crippen molar-refractivity contribution in [1.29, 1.82) is 0 Å². The number of carbonyl (C=O) groups excluding carboxylic acids is 4. The Morgan fingerprint density at radius 3 is 2.27 bits per heavy atom. The lowest BCUT2D eigenvalue weighted by molar-refractivity contribution is -0.144. The van der Waals surface area contributed by atoms with Crippen molar-refractivity contribution < 1.29 is 52.7 Å². The second-order valence-electron chi connectivity index (χ2n) is 20.5. The van der Waals surface area contributed by atoms with Crippen LogP contribution in [0.2, 0.25) is 5.02 Å². The van der Waals surface area contributed by atoms with Crippen molar-refractivity contribution in [3.63, 3.8) is 0 Å². The van der Waals surface area contributed by atoms with Crippen LogP contribution in [0.3, 0.4) is 0 Å². The van der Waals surface area contributed by atoms with Crippen molar-refractivity contribution in [2.45, 2.75) is 104 Å². The van der Waals surface area contributed by atoms with Crippen LogP contribution in [0.5, 0.6) is 5.75 Å². The van der Waals surface area contributed by atoms with Gasteiger partial charge >= 0.3 is 0 Å². The maximum absolute atomic E-state index is 14.2. The van der Waals surface area contributed by atoms with Gasteiger partial charge in [-0.25, -0.2) is 4.98 Å². The molecule has 1 saturated heterocycles. The van der Waals surface area contributed by atoms with E-state index in [1.165, 1.54) is 21.1 Å². The second-order valence-corrected chi connectivity index (χ2v) is 23.0. The van der Waals surface area contributed by atoms with Gasteiger partial charge in [0.15, 0.2) is 5.82 Å². The number of hydrogen-bond donors (Lipinski definition) is 5. The predicted octanol–water partition coefficient (Wildman–Crippen LogP) is 5.23. The summed E-state index contributed by atoms with van der Waals surface area (Å²) in [6, 6.07) is 10.1. The van der Waals surface area contributed by atoms with E-state index < -0.39 is 53.4 Å². The fourth-order valence-corrected chi connectivity index (χ4v) is 11.8. The van der Waals surface area contributed by atoms with Gasteiger partial charge in [-0.1, -0.05) is 56.6 Å². The first-order valence-electron chi connectivity index (χ1n) is 25.9. The van der Waals surface area contributed by atoms with Gasteiger partial charge in [0.2, 0.25) is 23.6 Å². The molecule has 4 amide bonds. The van der Waals surface area contributed by atoms with Gasteiger partial charge < -0.3 is 54.4 Å². The van der Waals surface area contributed by atoms with Gasteiger partial charge in [0.1, 0.15) is 41.9 Å². The molecule has 0 unspecified atom stereocenters. The highest BCUT2D eigenvalue weighted by molar-refractivity contribution is 7.15. The van der Waals surface area contributed by atoms with E-state index in [2.05, 4.69) is 54.9 Å². The van der Waals surface area contributed by atoms with Crippen LogP contribution in [0.25, 0.3) is 15.4 Å². The molecular formula is C54H70ClN9O11S2. The van der Waals surface area contributed by atoms with Crippen molar-refractivity contribution in [1.82, 2.24) is 45.9 Å². The van der Waals surface area contributed by atoms with Gasteiger partial charge in [-0.15, -0.1) is 32.9 Å². The Hall–Kier alpha value is -5.40. The van der Waals surface area contributed by atoms with Gasteiger partial charge in [0.05, 0.1) is 99.8 Å². The topological polar surface area (TPSA) is 239 Å². The molecule has 3 aromatic heterocycles. The molecule has 0 bridgehead atoms. The molecule has 3 aliphatic rings. The molecule has 6 heterocycles. The fourth-order valence-electron chi connectivity index (χ4n) is 9.58. The van der Waals surface area contributed by atoms with Gasteiger partial charge in [0.25, 0.3) is 0 Å². The minimum absolute atomic E-state index is 0.0346. The van der Waals surface area contributed by atoms with E-state index >= 15 is 0 Å². The molecule has 23 heteroatoms. The van der Waals surface area contributed by atoms with Crippen LogP contribution in [0.1, 0.15) is 90.2 Å². The van der Waals surface area contributed by atoms with Crippen LogP contribution >= 0.6 is 34.3 Å². The van der Waals surface area contributed by atoms with E-state index in [1.54, 1.807) is 16.8 Å². The number of thiophene rings is 1. The molecule has 0 aliphatic carbocycles. The Kier molecular flexibility index (Phi) is 19.9. The largest absolute Gasteiger partial charge is 0.491 e. The maximum atomic E-state index is 14.2. The number of ether oxygens (including phenoxy) is 6. The molecule has 0 saturated carbocycles. The number of nitrogens with zero attached hydrogens (tertiary/aromatic N) is 5. The second kappa shape index (κ2) is 26.5.